The Hall–Kier alpha value is -2.38. The number of nitrogens with one attached hydrogen (secondary N) is 2. The Bertz CT molecular complexity index is 865. The number of ether oxygens (including phenoxy) is 1. The predicted molar refractivity (Wildman–Crippen MR) is 105 cm³/mol. The lowest BCUT2D eigenvalue weighted by Crippen LogP contribution is -2.40. The normalized spacial score (nSPS) is 22.8. The Balaban J connectivity index is 0.00000225. The average Bonchev–Trinajstić information content (AvgIpc) is 3.02. The first-order chi connectivity index (χ1) is 12.8. The summed E-state index contributed by atoms with van der Waals surface area (Å²) < 4.78 is 19.4. The summed E-state index contributed by atoms with van der Waals surface area (Å²) >= 11 is 0. The van der Waals surface area contributed by atoms with Crippen LogP contribution in [0.15, 0.2) is 36.4 Å². The van der Waals surface area contributed by atoms with Gasteiger partial charge < -0.3 is 20.5 Å². The standard InChI is InChI=1S/C20H22FN3O3.ClH/c1-20(2,24-19(25)26)12-7-16(11-3-5-13(21)6-4-11)23-17(8-12)27-18-14-9-22-10-15(14)18;/h3-8,14-15,18,22,24H,9-10H2,1-2H3,(H,25,26);1H/t14-,15+,18-;. The summed E-state index contributed by atoms with van der Waals surface area (Å²) in [6.07, 6.45) is -0.962. The lowest BCUT2D eigenvalue weighted by Gasteiger charge is -2.26. The van der Waals surface area contributed by atoms with Gasteiger partial charge in [0.25, 0.3) is 0 Å². The lowest BCUT2D eigenvalue weighted by molar-refractivity contribution is 0.182. The Labute approximate surface area is 168 Å². The van der Waals surface area contributed by atoms with E-state index in [0.717, 1.165) is 24.2 Å². The minimum absolute atomic E-state index is 0. The number of benzene rings is 1. The van der Waals surface area contributed by atoms with Gasteiger partial charge in [0.05, 0.1) is 11.2 Å². The van der Waals surface area contributed by atoms with Crippen LogP contribution in [0.25, 0.3) is 11.3 Å². The number of pyridine rings is 1. The molecule has 28 heavy (non-hydrogen) atoms. The van der Waals surface area contributed by atoms with E-state index in [2.05, 4.69) is 15.6 Å². The largest absolute Gasteiger partial charge is 0.474 e. The van der Waals surface area contributed by atoms with E-state index in [1.807, 2.05) is 6.07 Å². The molecule has 1 aromatic carbocycles. The second-order valence-electron chi connectivity index (χ2n) is 7.71. The molecule has 2 aliphatic rings. The van der Waals surface area contributed by atoms with E-state index < -0.39 is 11.6 Å². The monoisotopic (exact) mass is 407 g/mol. The Kier molecular flexibility index (Phi) is 5.50. The van der Waals surface area contributed by atoms with Crippen molar-refractivity contribution in [2.45, 2.75) is 25.5 Å². The second kappa shape index (κ2) is 7.56. The van der Waals surface area contributed by atoms with Gasteiger partial charge in [-0.2, -0.15) is 0 Å². The molecule has 1 saturated carbocycles. The van der Waals surface area contributed by atoms with Gasteiger partial charge in [0.2, 0.25) is 5.88 Å². The summed E-state index contributed by atoms with van der Waals surface area (Å²) in [4.78, 5) is 15.8. The van der Waals surface area contributed by atoms with Crippen LogP contribution in [0.4, 0.5) is 9.18 Å². The van der Waals surface area contributed by atoms with Gasteiger partial charge in [-0.1, -0.05) is 0 Å². The molecule has 2 fully saturated rings. The number of rotatable bonds is 5. The van der Waals surface area contributed by atoms with E-state index in [1.165, 1.54) is 12.1 Å². The zero-order chi connectivity index (χ0) is 19.2. The number of nitrogens with zero attached hydrogens (tertiary/aromatic N) is 1. The van der Waals surface area contributed by atoms with Crippen molar-refractivity contribution in [2.75, 3.05) is 13.1 Å². The molecule has 8 heteroatoms. The molecule has 0 spiro atoms. The third-order valence-corrected chi connectivity index (χ3v) is 5.35. The number of hydrogen-bond acceptors (Lipinski definition) is 4. The summed E-state index contributed by atoms with van der Waals surface area (Å²) in [5.74, 6) is 1.16. The minimum Gasteiger partial charge on any atom is -0.474 e. The van der Waals surface area contributed by atoms with Crippen molar-refractivity contribution in [1.82, 2.24) is 15.6 Å². The zero-order valence-electron chi connectivity index (χ0n) is 15.6. The van der Waals surface area contributed by atoms with Gasteiger partial charge in [0.1, 0.15) is 11.9 Å². The Morgan fingerprint density at radius 1 is 1.25 bits per heavy atom. The third kappa shape index (κ3) is 4.05. The van der Waals surface area contributed by atoms with Gasteiger partial charge in [-0.15, -0.1) is 12.4 Å². The smallest absolute Gasteiger partial charge is 0.405 e. The van der Waals surface area contributed by atoms with E-state index in [0.29, 0.717) is 23.4 Å². The fourth-order valence-corrected chi connectivity index (χ4v) is 3.71. The molecule has 3 atom stereocenters. The van der Waals surface area contributed by atoms with Crippen LogP contribution in [0.2, 0.25) is 0 Å². The number of carboxylic acid groups (broad SMARTS) is 1. The van der Waals surface area contributed by atoms with Crippen LogP contribution in [0.3, 0.4) is 0 Å². The first-order valence-corrected chi connectivity index (χ1v) is 9.00. The molecule has 0 bridgehead atoms. The number of halogens is 2. The maximum Gasteiger partial charge on any atom is 0.405 e. The summed E-state index contributed by atoms with van der Waals surface area (Å²) in [7, 11) is 0. The second-order valence-corrected chi connectivity index (χ2v) is 7.71. The molecular weight excluding hydrogens is 385 g/mol. The number of fused-ring (bicyclic) bond motifs is 1. The molecule has 2 heterocycles. The Morgan fingerprint density at radius 2 is 1.89 bits per heavy atom. The van der Waals surface area contributed by atoms with Crippen molar-refractivity contribution in [1.29, 1.82) is 0 Å². The summed E-state index contributed by atoms with van der Waals surface area (Å²) in [5, 5.41) is 15.0. The molecular formula is C20H23ClFN3O3. The highest BCUT2D eigenvalue weighted by Crippen LogP contribution is 2.44. The van der Waals surface area contributed by atoms with E-state index in [9.17, 15) is 9.18 Å². The molecule has 3 N–H and O–H groups in total. The van der Waals surface area contributed by atoms with E-state index >= 15 is 0 Å². The SMILES string of the molecule is CC(C)(NC(=O)O)c1cc(O[C@@H]2[C@@H]3CNC[C@@H]32)nc(-c2ccc(F)cc2)c1.Cl. The quantitative estimate of drug-likeness (QED) is 0.707. The van der Waals surface area contributed by atoms with Crippen molar-refractivity contribution in [3.8, 4) is 17.1 Å². The number of hydrogen-bond donors (Lipinski definition) is 3. The van der Waals surface area contributed by atoms with Crippen LogP contribution >= 0.6 is 12.4 Å². The molecule has 0 unspecified atom stereocenters. The first kappa shape index (κ1) is 20.4. The summed E-state index contributed by atoms with van der Waals surface area (Å²) in [6, 6.07) is 9.65. The molecule has 1 aromatic heterocycles. The maximum absolute atomic E-state index is 13.3. The molecule has 1 amide bonds. The predicted octanol–water partition coefficient (Wildman–Crippen LogP) is 3.41. The highest BCUT2D eigenvalue weighted by molar-refractivity contribution is 5.85. The highest BCUT2D eigenvalue weighted by atomic mass is 35.5. The van der Waals surface area contributed by atoms with Crippen LogP contribution in [0, 0.1) is 17.7 Å². The topological polar surface area (TPSA) is 83.5 Å². The summed E-state index contributed by atoms with van der Waals surface area (Å²) in [5.41, 5.74) is 1.26. The molecule has 150 valence electrons. The fraction of sp³-hybridized carbons (Fsp3) is 0.400. The summed E-state index contributed by atoms with van der Waals surface area (Å²) in [6.45, 7) is 5.46. The molecule has 6 nitrogen and oxygen atoms in total. The van der Waals surface area contributed by atoms with E-state index in [1.54, 1.807) is 32.0 Å². The van der Waals surface area contributed by atoms with Crippen molar-refractivity contribution < 1.29 is 19.0 Å². The molecule has 1 aliphatic carbocycles. The van der Waals surface area contributed by atoms with Crippen LogP contribution in [0.1, 0.15) is 19.4 Å². The van der Waals surface area contributed by atoms with E-state index in [4.69, 9.17) is 9.84 Å². The van der Waals surface area contributed by atoms with Gasteiger partial charge in [-0.3, -0.25) is 0 Å². The van der Waals surface area contributed by atoms with Gasteiger partial charge >= 0.3 is 6.09 Å². The van der Waals surface area contributed by atoms with Gasteiger partial charge in [0, 0.05) is 36.6 Å². The number of aromatic nitrogens is 1. The maximum atomic E-state index is 13.3. The van der Waals surface area contributed by atoms with Gasteiger partial charge in [-0.05, 0) is 49.7 Å². The van der Waals surface area contributed by atoms with Gasteiger partial charge in [-0.25, -0.2) is 14.2 Å². The molecule has 1 aliphatic heterocycles. The molecule has 0 radical (unpaired) electrons. The molecule has 2 aromatic rings. The molecule has 1 saturated heterocycles. The van der Waals surface area contributed by atoms with Crippen LogP contribution in [-0.2, 0) is 5.54 Å². The van der Waals surface area contributed by atoms with Crippen molar-refractivity contribution in [2.24, 2.45) is 11.8 Å². The zero-order valence-corrected chi connectivity index (χ0v) is 16.4. The highest BCUT2D eigenvalue weighted by Gasteiger charge is 2.55. The van der Waals surface area contributed by atoms with Crippen molar-refractivity contribution >= 4 is 18.5 Å². The average molecular weight is 408 g/mol. The van der Waals surface area contributed by atoms with Crippen molar-refractivity contribution in [3.63, 3.8) is 0 Å². The van der Waals surface area contributed by atoms with Crippen LogP contribution < -0.4 is 15.4 Å². The number of carbonyl (C=O) groups is 1. The number of piperidine rings is 1. The van der Waals surface area contributed by atoms with E-state index in [-0.39, 0.29) is 24.3 Å². The van der Waals surface area contributed by atoms with Gasteiger partial charge in [0.15, 0.2) is 0 Å². The van der Waals surface area contributed by atoms with Crippen molar-refractivity contribution in [3.05, 3.63) is 47.8 Å². The third-order valence-electron chi connectivity index (χ3n) is 5.35. The Morgan fingerprint density at radius 3 is 2.50 bits per heavy atom. The molecule has 4 rings (SSSR count). The number of amides is 1. The minimum atomic E-state index is -1.11. The fourth-order valence-electron chi connectivity index (χ4n) is 3.71. The first-order valence-electron chi connectivity index (χ1n) is 9.00. The van der Waals surface area contributed by atoms with Crippen LogP contribution in [0.5, 0.6) is 5.88 Å². The lowest BCUT2D eigenvalue weighted by atomic mass is 9.93. The van der Waals surface area contributed by atoms with Crippen LogP contribution in [-0.4, -0.2) is 35.4 Å².